The van der Waals surface area contributed by atoms with Gasteiger partial charge in [0.25, 0.3) is 5.91 Å². The Bertz CT molecular complexity index is 537. The zero-order chi connectivity index (χ0) is 13.5. The van der Waals surface area contributed by atoms with E-state index in [9.17, 15) is 4.79 Å². The number of rotatable bonds is 5. The number of benzene rings is 2. The highest BCUT2D eigenvalue weighted by molar-refractivity contribution is 5.94. The predicted molar refractivity (Wildman–Crippen MR) is 74.8 cm³/mol. The van der Waals surface area contributed by atoms with Crippen molar-refractivity contribution >= 4 is 5.91 Å². The molecular formula is C16H17NO2. The molecule has 3 heteroatoms. The van der Waals surface area contributed by atoms with Crippen LogP contribution in [-0.2, 0) is 17.7 Å². The Balaban J connectivity index is 2.10. The van der Waals surface area contributed by atoms with E-state index in [-0.39, 0.29) is 5.91 Å². The van der Waals surface area contributed by atoms with Crippen molar-refractivity contribution in [3.8, 4) is 0 Å². The monoisotopic (exact) mass is 255 g/mol. The maximum Gasteiger partial charge on any atom is 0.275 e. The van der Waals surface area contributed by atoms with E-state index in [0.717, 1.165) is 18.4 Å². The van der Waals surface area contributed by atoms with E-state index >= 15 is 0 Å². The van der Waals surface area contributed by atoms with Crippen molar-refractivity contribution in [1.29, 1.82) is 0 Å². The zero-order valence-electron chi connectivity index (χ0n) is 10.9. The third kappa shape index (κ3) is 3.66. The summed E-state index contributed by atoms with van der Waals surface area (Å²) < 4.78 is 0. The molecule has 0 aliphatic rings. The maximum atomic E-state index is 11.8. The summed E-state index contributed by atoms with van der Waals surface area (Å²) in [5.41, 5.74) is 5.33. The fourth-order valence-corrected chi connectivity index (χ4v) is 2.03. The Hall–Kier alpha value is -2.13. The predicted octanol–water partition coefficient (Wildman–Crippen LogP) is 2.76. The molecule has 0 aliphatic carbocycles. The summed E-state index contributed by atoms with van der Waals surface area (Å²) in [6.07, 6.45) is 1.75. The van der Waals surface area contributed by atoms with E-state index in [1.54, 1.807) is 0 Å². The summed E-state index contributed by atoms with van der Waals surface area (Å²) in [4.78, 5) is 16.5. The second-order valence-electron chi connectivity index (χ2n) is 4.28. The number of carbonyl (C=O) groups is 1. The van der Waals surface area contributed by atoms with E-state index in [4.69, 9.17) is 0 Å². The maximum absolute atomic E-state index is 11.8. The van der Waals surface area contributed by atoms with Crippen LogP contribution in [0.1, 0.15) is 21.5 Å². The Morgan fingerprint density at radius 3 is 2.42 bits per heavy atom. The Labute approximate surface area is 113 Å². The fraction of sp³-hybridized carbons (Fsp3) is 0.188. The van der Waals surface area contributed by atoms with Gasteiger partial charge in [0.2, 0.25) is 0 Å². The molecule has 0 atom stereocenters. The summed E-state index contributed by atoms with van der Waals surface area (Å²) in [5.74, 6) is -0.203. The first kappa shape index (κ1) is 13.3. The Morgan fingerprint density at radius 2 is 1.68 bits per heavy atom. The standard InChI is InChI=1S/C16H17NO2/c1-19-17-16(18)15-10-6-5-9-14(15)12-11-13-7-3-2-4-8-13/h2-10H,11-12H2,1H3,(H,17,18). The minimum atomic E-state index is -0.203. The minimum Gasteiger partial charge on any atom is -0.277 e. The molecule has 0 bridgehead atoms. The molecule has 2 aromatic rings. The second kappa shape index (κ2) is 6.71. The molecule has 0 saturated heterocycles. The first-order chi connectivity index (χ1) is 9.31. The Kier molecular flexibility index (Phi) is 4.70. The van der Waals surface area contributed by atoms with Gasteiger partial charge in [-0.05, 0) is 30.0 Å². The summed E-state index contributed by atoms with van der Waals surface area (Å²) in [5, 5.41) is 0. The van der Waals surface area contributed by atoms with E-state index in [2.05, 4.69) is 22.5 Å². The SMILES string of the molecule is CONC(=O)c1ccccc1CCc1ccccc1. The average Bonchev–Trinajstić information content (AvgIpc) is 2.47. The normalized spacial score (nSPS) is 10.2. The molecule has 0 heterocycles. The van der Waals surface area contributed by atoms with Gasteiger partial charge in [-0.3, -0.25) is 9.63 Å². The lowest BCUT2D eigenvalue weighted by Gasteiger charge is -2.09. The van der Waals surface area contributed by atoms with Gasteiger partial charge in [0.15, 0.2) is 0 Å². The van der Waals surface area contributed by atoms with Crippen molar-refractivity contribution in [2.45, 2.75) is 12.8 Å². The number of hydroxylamine groups is 1. The molecule has 98 valence electrons. The van der Waals surface area contributed by atoms with Crippen LogP contribution in [0.5, 0.6) is 0 Å². The lowest BCUT2D eigenvalue weighted by Crippen LogP contribution is -2.23. The first-order valence-electron chi connectivity index (χ1n) is 6.26. The van der Waals surface area contributed by atoms with Gasteiger partial charge in [-0.2, -0.15) is 0 Å². The van der Waals surface area contributed by atoms with Crippen molar-refractivity contribution in [2.24, 2.45) is 0 Å². The average molecular weight is 255 g/mol. The largest absolute Gasteiger partial charge is 0.277 e. The third-order valence-corrected chi connectivity index (χ3v) is 2.98. The highest BCUT2D eigenvalue weighted by Gasteiger charge is 2.10. The van der Waals surface area contributed by atoms with Gasteiger partial charge in [-0.1, -0.05) is 48.5 Å². The van der Waals surface area contributed by atoms with Crippen LogP contribution in [0, 0.1) is 0 Å². The van der Waals surface area contributed by atoms with E-state index < -0.39 is 0 Å². The minimum absolute atomic E-state index is 0.203. The molecule has 0 aliphatic heterocycles. The quantitative estimate of drug-likeness (QED) is 0.834. The van der Waals surface area contributed by atoms with Gasteiger partial charge >= 0.3 is 0 Å². The van der Waals surface area contributed by atoms with E-state index in [1.807, 2.05) is 42.5 Å². The van der Waals surface area contributed by atoms with Crippen molar-refractivity contribution in [3.63, 3.8) is 0 Å². The molecule has 19 heavy (non-hydrogen) atoms. The molecule has 0 fully saturated rings. The van der Waals surface area contributed by atoms with E-state index in [1.165, 1.54) is 12.7 Å². The highest BCUT2D eigenvalue weighted by atomic mass is 16.6. The number of hydrogen-bond donors (Lipinski definition) is 1. The smallest absolute Gasteiger partial charge is 0.275 e. The van der Waals surface area contributed by atoms with Gasteiger partial charge in [0, 0.05) is 5.56 Å². The van der Waals surface area contributed by atoms with Crippen LogP contribution in [0.2, 0.25) is 0 Å². The molecule has 0 radical (unpaired) electrons. The van der Waals surface area contributed by atoms with Crippen molar-refractivity contribution in [2.75, 3.05) is 7.11 Å². The molecule has 2 aromatic carbocycles. The van der Waals surface area contributed by atoms with Gasteiger partial charge in [-0.25, -0.2) is 5.48 Å². The molecular weight excluding hydrogens is 238 g/mol. The number of amides is 1. The van der Waals surface area contributed by atoms with Crippen LogP contribution < -0.4 is 5.48 Å². The van der Waals surface area contributed by atoms with Gasteiger partial charge in [-0.15, -0.1) is 0 Å². The molecule has 2 rings (SSSR count). The topological polar surface area (TPSA) is 38.3 Å². The molecule has 0 spiro atoms. The Morgan fingerprint density at radius 1 is 1.00 bits per heavy atom. The van der Waals surface area contributed by atoms with Crippen LogP contribution in [0.4, 0.5) is 0 Å². The van der Waals surface area contributed by atoms with Gasteiger partial charge < -0.3 is 0 Å². The lowest BCUT2D eigenvalue weighted by atomic mass is 9.99. The van der Waals surface area contributed by atoms with Gasteiger partial charge in [0.05, 0.1) is 7.11 Å². The summed E-state index contributed by atoms with van der Waals surface area (Å²) in [6.45, 7) is 0. The van der Waals surface area contributed by atoms with E-state index in [0.29, 0.717) is 5.56 Å². The number of aryl methyl sites for hydroxylation is 2. The molecule has 3 nitrogen and oxygen atoms in total. The molecule has 0 saturated carbocycles. The number of nitrogens with one attached hydrogen (secondary N) is 1. The van der Waals surface area contributed by atoms with Crippen LogP contribution >= 0.6 is 0 Å². The third-order valence-electron chi connectivity index (χ3n) is 2.98. The van der Waals surface area contributed by atoms with Crippen LogP contribution in [-0.4, -0.2) is 13.0 Å². The summed E-state index contributed by atoms with van der Waals surface area (Å²) in [6, 6.07) is 17.8. The molecule has 0 aromatic heterocycles. The molecule has 1 N–H and O–H groups in total. The molecule has 1 amide bonds. The summed E-state index contributed by atoms with van der Waals surface area (Å²) >= 11 is 0. The van der Waals surface area contributed by atoms with Crippen LogP contribution in [0.15, 0.2) is 54.6 Å². The molecule has 0 unspecified atom stereocenters. The number of carbonyl (C=O) groups excluding carboxylic acids is 1. The van der Waals surface area contributed by atoms with Gasteiger partial charge in [0.1, 0.15) is 0 Å². The number of hydrogen-bond acceptors (Lipinski definition) is 2. The first-order valence-corrected chi connectivity index (χ1v) is 6.26. The van der Waals surface area contributed by atoms with Crippen molar-refractivity contribution in [3.05, 3.63) is 71.3 Å². The van der Waals surface area contributed by atoms with Crippen molar-refractivity contribution < 1.29 is 9.63 Å². The zero-order valence-corrected chi connectivity index (χ0v) is 10.9. The van der Waals surface area contributed by atoms with Crippen LogP contribution in [0.3, 0.4) is 0 Å². The second-order valence-corrected chi connectivity index (χ2v) is 4.28. The summed E-state index contributed by atoms with van der Waals surface area (Å²) in [7, 11) is 1.44. The lowest BCUT2D eigenvalue weighted by molar-refractivity contribution is 0.0536. The van der Waals surface area contributed by atoms with Crippen molar-refractivity contribution in [1.82, 2.24) is 5.48 Å². The van der Waals surface area contributed by atoms with Crippen LogP contribution in [0.25, 0.3) is 0 Å². The fourth-order valence-electron chi connectivity index (χ4n) is 2.03. The highest BCUT2D eigenvalue weighted by Crippen LogP contribution is 2.12.